The van der Waals surface area contributed by atoms with E-state index in [1.807, 2.05) is 57.1 Å². The van der Waals surface area contributed by atoms with Crippen molar-refractivity contribution >= 4 is 12.1 Å². The summed E-state index contributed by atoms with van der Waals surface area (Å²) in [5.41, 5.74) is 1.92. The summed E-state index contributed by atoms with van der Waals surface area (Å²) in [4.78, 5) is 16.0. The Labute approximate surface area is 97.8 Å². The quantitative estimate of drug-likeness (QED) is 0.413. The molecule has 0 bridgehead atoms. The van der Waals surface area contributed by atoms with E-state index in [1.54, 1.807) is 7.05 Å². The first-order valence-corrected chi connectivity index (χ1v) is 5.13. The van der Waals surface area contributed by atoms with Crippen molar-refractivity contribution in [3.8, 4) is 0 Å². The predicted molar refractivity (Wildman–Crippen MR) is 69.3 cm³/mol. The van der Waals surface area contributed by atoms with Crippen LogP contribution in [0.4, 0.5) is 0 Å². The smallest absolute Gasteiger partial charge is 0.150 e. The first-order valence-electron chi connectivity index (χ1n) is 5.13. The molecule has 0 aliphatic carbocycles. The minimum absolute atomic E-state index is 0.737. The second-order valence-corrected chi connectivity index (χ2v) is 3.69. The van der Waals surface area contributed by atoms with Gasteiger partial charge in [-0.3, -0.25) is 9.79 Å². The topological polar surface area (TPSA) is 32.7 Å². The van der Waals surface area contributed by atoms with E-state index in [-0.39, 0.29) is 0 Å². The second-order valence-electron chi connectivity index (χ2n) is 3.69. The van der Waals surface area contributed by atoms with Crippen LogP contribution in [0.25, 0.3) is 0 Å². The van der Waals surface area contributed by atoms with Gasteiger partial charge in [0, 0.05) is 26.7 Å². The number of nitrogens with zero attached hydrogens (tertiary/aromatic N) is 2. The monoisotopic (exact) mass is 220 g/mol. The second kappa shape index (κ2) is 7.63. The third kappa shape index (κ3) is 5.96. The Hall–Kier alpha value is -1.64. The van der Waals surface area contributed by atoms with E-state index in [0.29, 0.717) is 0 Å². The van der Waals surface area contributed by atoms with Gasteiger partial charge in [0.1, 0.15) is 6.29 Å². The number of carbonyl (C=O) groups excluding carboxylic acids is 1. The molecule has 0 spiro atoms. The Kier molecular flexibility index (Phi) is 6.84. The lowest BCUT2D eigenvalue weighted by Crippen LogP contribution is -2.17. The number of carbonyl (C=O) groups is 1. The molecule has 0 aromatic heterocycles. The Balaban J connectivity index is 0.000000293. The summed E-state index contributed by atoms with van der Waals surface area (Å²) in [5, 5.41) is 0. The predicted octanol–water partition coefficient (Wildman–Crippen LogP) is 2.40. The SMILES string of the molecule is CN=C(C)N(C)C.Cc1ccc(C=O)cc1. The maximum atomic E-state index is 10.1. The summed E-state index contributed by atoms with van der Waals surface area (Å²) in [7, 11) is 5.74. The zero-order valence-corrected chi connectivity index (χ0v) is 10.7. The average molecular weight is 220 g/mol. The molecule has 3 heteroatoms. The van der Waals surface area contributed by atoms with Crippen LogP contribution >= 0.6 is 0 Å². The van der Waals surface area contributed by atoms with Crippen LogP contribution in [0.1, 0.15) is 22.8 Å². The lowest BCUT2D eigenvalue weighted by atomic mass is 10.2. The molecule has 0 heterocycles. The van der Waals surface area contributed by atoms with Crippen molar-refractivity contribution in [1.82, 2.24) is 4.90 Å². The van der Waals surface area contributed by atoms with E-state index in [1.165, 1.54) is 5.56 Å². The molecule has 0 amide bonds. The van der Waals surface area contributed by atoms with E-state index in [2.05, 4.69) is 4.99 Å². The van der Waals surface area contributed by atoms with Gasteiger partial charge in [0.15, 0.2) is 0 Å². The lowest BCUT2D eigenvalue weighted by molar-refractivity contribution is 0.112. The molecule has 0 radical (unpaired) electrons. The van der Waals surface area contributed by atoms with Crippen LogP contribution in [0.2, 0.25) is 0 Å². The Morgan fingerprint density at radius 3 is 2.00 bits per heavy atom. The maximum absolute atomic E-state index is 10.1. The van der Waals surface area contributed by atoms with Gasteiger partial charge in [-0.25, -0.2) is 0 Å². The van der Waals surface area contributed by atoms with Gasteiger partial charge in [-0.2, -0.15) is 0 Å². The summed E-state index contributed by atoms with van der Waals surface area (Å²) >= 11 is 0. The first kappa shape index (κ1) is 14.4. The summed E-state index contributed by atoms with van der Waals surface area (Å²) < 4.78 is 0. The highest BCUT2D eigenvalue weighted by Crippen LogP contribution is 1.98. The maximum Gasteiger partial charge on any atom is 0.150 e. The molecule has 88 valence electrons. The van der Waals surface area contributed by atoms with Crippen molar-refractivity contribution in [2.24, 2.45) is 4.99 Å². The van der Waals surface area contributed by atoms with Gasteiger partial charge < -0.3 is 4.90 Å². The highest BCUT2D eigenvalue weighted by atomic mass is 16.1. The number of aldehydes is 1. The number of hydrogen-bond donors (Lipinski definition) is 0. The molecule has 3 nitrogen and oxygen atoms in total. The summed E-state index contributed by atoms with van der Waals surface area (Å²) in [6.07, 6.45) is 0.847. The van der Waals surface area contributed by atoms with Crippen molar-refractivity contribution in [1.29, 1.82) is 0 Å². The zero-order valence-electron chi connectivity index (χ0n) is 10.7. The van der Waals surface area contributed by atoms with Gasteiger partial charge >= 0.3 is 0 Å². The summed E-state index contributed by atoms with van der Waals surface area (Å²) in [6.45, 7) is 3.97. The van der Waals surface area contributed by atoms with Crippen LogP contribution in [-0.4, -0.2) is 38.2 Å². The Bertz CT molecular complexity index is 339. The third-order valence-corrected chi connectivity index (χ3v) is 2.18. The van der Waals surface area contributed by atoms with Gasteiger partial charge in [0.05, 0.1) is 5.84 Å². The Morgan fingerprint density at radius 2 is 1.75 bits per heavy atom. The number of aliphatic imine (C=N–C) groups is 1. The molecule has 0 aliphatic heterocycles. The fraction of sp³-hybridized carbons (Fsp3) is 0.385. The molecule has 0 fully saturated rings. The van der Waals surface area contributed by atoms with Crippen LogP contribution < -0.4 is 0 Å². The van der Waals surface area contributed by atoms with Crippen LogP contribution in [0, 0.1) is 6.92 Å². The molecule has 0 unspecified atom stereocenters. The van der Waals surface area contributed by atoms with Crippen molar-refractivity contribution in [3.05, 3.63) is 35.4 Å². The number of rotatable bonds is 1. The van der Waals surface area contributed by atoms with E-state index in [9.17, 15) is 4.79 Å². The molecule has 16 heavy (non-hydrogen) atoms. The molecule has 0 N–H and O–H groups in total. The largest absolute Gasteiger partial charge is 0.367 e. The highest BCUT2D eigenvalue weighted by molar-refractivity contribution is 5.78. The number of aryl methyl sites for hydroxylation is 1. The number of hydrogen-bond acceptors (Lipinski definition) is 2. The molecule has 0 saturated heterocycles. The minimum atomic E-state index is 0.737. The van der Waals surface area contributed by atoms with E-state index in [0.717, 1.165) is 17.7 Å². The molecule has 0 aliphatic rings. The van der Waals surface area contributed by atoms with Crippen LogP contribution in [0.15, 0.2) is 29.3 Å². The van der Waals surface area contributed by atoms with Crippen LogP contribution in [-0.2, 0) is 0 Å². The number of amidine groups is 1. The minimum Gasteiger partial charge on any atom is -0.367 e. The van der Waals surface area contributed by atoms with E-state index < -0.39 is 0 Å². The van der Waals surface area contributed by atoms with Crippen molar-refractivity contribution in [2.45, 2.75) is 13.8 Å². The molecule has 1 aromatic carbocycles. The van der Waals surface area contributed by atoms with E-state index >= 15 is 0 Å². The summed E-state index contributed by atoms with van der Waals surface area (Å²) in [5.74, 6) is 1.06. The van der Waals surface area contributed by atoms with Crippen LogP contribution in [0.3, 0.4) is 0 Å². The number of benzene rings is 1. The van der Waals surface area contributed by atoms with Crippen molar-refractivity contribution in [3.63, 3.8) is 0 Å². The van der Waals surface area contributed by atoms with Gasteiger partial charge in [0.25, 0.3) is 0 Å². The standard InChI is InChI=1S/C8H8O.C5H12N2/c1-7-2-4-8(6-9)5-3-7;1-5(6-2)7(3)4/h2-6H,1H3;1-4H3. The van der Waals surface area contributed by atoms with E-state index in [4.69, 9.17) is 0 Å². The Morgan fingerprint density at radius 1 is 1.25 bits per heavy atom. The van der Waals surface area contributed by atoms with Crippen LogP contribution in [0.5, 0.6) is 0 Å². The molecule has 1 rings (SSSR count). The first-order chi connectivity index (χ1) is 7.51. The fourth-order valence-corrected chi connectivity index (χ4v) is 0.845. The third-order valence-electron chi connectivity index (χ3n) is 2.18. The van der Waals surface area contributed by atoms with Gasteiger partial charge in [-0.05, 0) is 13.8 Å². The molecule has 0 atom stereocenters. The molecular weight excluding hydrogens is 200 g/mol. The highest BCUT2D eigenvalue weighted by Gasteiger charge is 1.85. The lowest BCUT2D eigenvalue weighted by Gasteiger charge is -2.08. The fourth-order valence-electron chi connectivity index (χ4n) is 0.845. The molecule has 1 aromatic rings. The van der Waals surface area contributed by atoms with Gasteiger partial charge in [-0.15, -0.1) is 0 Å². The van der Waals surface area contributed by atoms with Crippen molar-refractivity contribution in [2.75, 3.05) is 21.1 Å². The zero-order chi connectivity index (χ0) is 12.6. The summed E-state index contributed by atoms with van der Waals surface area (Å²) in [6, 6.07) is 7.46. The normalized spacial score (nSPS) is 10.2. The molecular formula is C13H20N2O. The van der Waals surface area contributed by atoms with Gasteiger partial charge in [-0.1, -0.05) is 29.8 Å². The molecule has 0 saturated carbocycles. The van der Waals surface area contributed by atoms with Gasteiger partial charge in [0.2, 0.25) is 0 Å². The van der Waals surface area contributed by atoms with Crippen molar-refractivity contribution < 1.29 is 4.79 Å². The average Bonchev–Trinajstić information content (AvgIpc) is 2.29.